The van der Waals surface area contributed by atoms with Crippen molar-refractivity contribution in [1.29, 1.82) is 0 Å². The summed E-state index contributed by atoms with van der Waals surface area (Å²) in [5.74, 6) is 0.849. The summed E-state index contributed by atoms with van der Waals surface area (Å²) in [5.41, 5.74) is 0.934. The number of rotatable bonds is 4. The van der Waals surface area contributed by atoms with Gasteiger partial charge in [0.25, 0.3) is 0 Å². The molecule has 2 saturated heterocycles. The third-order valence-corrected chi connectivity index (χ3v) is 5.26. The first kappa shape index (κ1) is 16.3. The first-order valence-corrected chi connectivity index (χ1v) is 8.66. The van der Waals surface area contributed by atoms with Crippen molar-refractivity contribution in [3.8, 4) is 5.75 Å². The van der Waals surface area contributed by atoms with Crippen LogP contribution < -0.4 is 0 Å². The number of nitrogens with zero attached hydrogens (tertiary/aromatic N) is 1. The van der Waals surface area contributed by atoms with Crippen molar-refractivity contribution < 1.29 is 14.6 Å². The summed E-state index contributed by atoms with van der Waals surface area (Å²) in [6, 6.07) is 7.65. The number of hydrogen-bond donors (Lipinski definition) is 1. The van der Waals surface area contributed by atoms with E-state index in [4.69, 9.17) is 4.74 Å². The largest absolute Gasteiger partial charge is 0.508 e. The van der Waals surface area contributed by atoms with E-state index in [0.717, 1.165) is 45.3 Å². The van der Waals surface area contributed by atoms with E-state index >= 15 is 0 Å². The lowest BCUT2D eigenvalue weighted by atomic mass is 9.88. The molecular formula is C19H27NO3. The Morgan fingerprint density at radius 1 is 1.30 bits per heavy atom. The zero-order chi connectivity index (χ0) is 16.4. The van der Waals surface area contributed by atoms with Crippen LogP contribution in [0, 0.1) is 5.41 Å². The van der Waals surface area contributed by atoms with Gasteiger partial charge < -0.3 is 14.7 Å². The Hall–Kier alpha value is -1.55. The minimum atomic E-state index is -0.313. The minimum Gasteiger partial charge on any atom is -0.508 e. The molecule has 2 aliphatic rings. The Labute approximate surface area is 138 Å². The van der Waals surface area contributed by atoms with Crippen LogP contribution in [0.5, 0.6) is 5.75 Å². The number of hydrogen-bond acceptors (Lipinski definition) is 4. The summed E-state index contributed by atoms with van der Waals surface area (Å²) < 4.78 is 5.48. The molecule has 126 valence electrons. The molecule has 3 rings (SSSR count). The highest BCUT2D eigenvalue weighted by molar-refractivity contribution is 5.78. The van der Waals surface area contributed by atoms with Crippen LogP contribution in [-0.2, 0) is 9.53 Å². The summed E-state index contributed by atoms with van der Waals surface area (Å²) in [5, 5.41) is 9.61. The second-order valence-electron chi connectivity index (χ2n) is 7.61. The highest BCUT2D eigenvalue weighted by Crippen LogP contribution is 2.35. The van der Waals surface area contributed by atoms with Gasteiger partial charge >= 0.3 is 5.97 Å². The zero-order valence-electron chi connectivity index (χ0n) is 14.1. The van der Waals surface area contributed by atoms with Gasteiger partial charge in [-0.25, -0.2) is 0 Å². The van der Waals surface area contributed by atoms with Crippen LogP contribution in [0.25, 0.3) is 0 Å². The molecule has 0 bridgehead atoms. The summed E-state index contributed by atoms with van der Waals surface area (Å²) in [4.78, 5) is 14.2. The zero-order valence-corrected chi connectivity index (χ0v) is 14.1. The molecule has 0 saturated carbocycles. The molecular weight excluding hydrogens is 290 g/mol. The third kappa shape index (κ3) is 3.86. The SMILES string of the molecule is CC1(C)C[C@@H](CCN2CCC(c3cccc(O)c3)CC2)OC1=O. The molecule has 4 nitrogen and oxygen atoms in total. The number of phenolic OH excluding ortho intramolecular Hbond substituents is 1. The molecule has 1 atom stereocenters. The van der Waals surface area contributed by atoms with E-state index in [0.29, 0.717) is 11.7 Å². The van der Waals surface area contributed by atoms with Crippen molar-refractivity contribution in [2.24, 2.45) is 5.41 Å². The standard InChI is InChI=1S/C19H27NO3/c1-19(2)13-17(23-18(19)22)8-11-20-9-6-14(7-10-20)15-4-3-5-16(21)12-15/h3-5,12,14,17,21H,6-11,13H2,1-2H3/t17-/m1/s1. The summed E-state index contributed by atoms with van der Waals surface area (Å²) in [6.07, 6.45) is 4.11. The molecule has 0 unspecified atom stereocenters. The van der Waals surface area contributed by atoms with Crippen molar-refractivity contribution >= 4 is 5.97 Å². The fourth-order valence-corrected chi connectivity index (χ4v) is 3.76. The number of phenols is 1. The number of carbonyl (C=O) groups is 1. The lowest BCUT2D eigenvalue weighted by Crippen LogP contribution is -2.35. The Morgan fingerprint density at radius 3 is 2.65 bits per heavy atom. The minimum absolute atomic E-state index is 0.0508. The van der Waals surface area contributed by atoms with Gasteiger partial charge in [-0.15, -0.1) is 0 Å². The van der Waals surface area contributed by atoms with Gasteiger partial charge in [0.2, 0.25) is 0 Å². The molecule has 0 aliphatic carbocycles. The normalized spacial score (nSPS) is 25.5. The third-order valence-electron chi connectivity index (χ3n) is 5.26. The fraction of sp³-hybridized carbons (Fsp3) is 0.632. The number of likely N-dealkylation sites (tertiary alicyclic amines) is 1. The Balaban J connectivity index is 1.44. The molecule has 0 radical (unpaired) electrons. The van der Waals surface area contributed by atoms with Crippen molar-refractivity contribution in [3.05, 3.63) is 29.8 Å². The van der Waals surface area contributed by atoms with Crippen LogP contribution in [0.15, 0.2) is 24.3 Å². The number of esters is 1. The van der Waals surface area contributed by atoms with Crippen LogP contribution in [-0.4, -0.2) is 41.7 Å². The Kier molecular flexibility index (Phi) is 4.62. The van der Waals surface area contributed by atoms with E-state index in [9.17, 15) is 9.90 Å². The van der Waals surface area contributed by atoms with Gasteiger partial charge in [-0.05, 0) is 76.2 Å². The van der Waals surface area contributed by atoms with Gasteiger partial charge in [0.05, 0.1) is 5.41 Å². The number of benzene rings is 1. The molecule has 0 aromatic heterocycles. The van der Waals surface area contributed by atoms with Gasteiger partial charge in [0.1, 0.15) is 11.9 Å². The van der Waals surface area contributed by atoms with E-state index in [2.05, 4.69) is 11.0 Å². The molecule has 2 heterocycles. The van der Waals surface area contributed by atoms with Crippen LogP contribution in [0.4, 0.5) is 0 Å². The fourth-order valence-electron chi connectivity index (χ4n) is 3.76. The molecule has 4 heteroatoms. The highest BCUT2D eigenvalue weighted by atomic mass is 16.6. The van der Waals surface area contributed by atoms with Crippen LogP contribution in [0.3, 0.4) is 0 Å². The second-order valence-corrected chi connectivity index (χ2v) is 7.61. The lowest BCUT2D eigenvalue weighted by Gasteiger charge is -2.32. The van der Waals surface area contributed by atoms with E-state index < -0.39 is 0 Å². The molecule has 0 amide bonds. The number of piperidine rings is 1. The highest BCUT2D eigenvalue weighted by Gasteiger charge is 2.41. The molecule has 1 aromatic carbocycles. The van der Waals surface area contributed by atoms with Crippen LogP contribution >= 0.6 is 0 Å². The Bertz CT molecular complexity index is 561. The number of aromatic hydroxyl groups is 1. The number of ether oxygens (including phenoxy) is 1. The summed E-state index contributed by atoms with van der Waals surface area (Å²) in [6.45, 7) is 7.09. The van der Waals surface area contributed by atoms with E-state index in [1.165, 1.54) is 5.56 Å². The van der Waals surface area contributed by atoms with Crippen LogP contribution in [0.1, 0.15) is 51.0 Å². The van der Waals surface area contributed by atoms with E-state index in [1.54, 1.807) is 6.07 Å². The molecule has 2 fully saturated rings. The van der Waals surface area contributed by atoms with Crippen LogP contribution in [0.2, 0.25) is 0 Å². The number of carbonyl (C=O) groups excluding carboxylic acids is 1. The van der Waals surface area contributed by atoms with Crippen molar-refractivity contribution in [3.63, 3.8) is 0 Å². The van der Waals surface area contributed by atoms with Crippen molar-refractivity contribution in [2.75, 3.05) is 19.6 Å². The van der Waals surface area contributed by atoms with E-state index in [1.807, 2.05) is 26.0 Å². The summed E-state index contributed by atoms with van der Waals surface area (Å²) in [7, 11) is 0. The molecule has 23 heavy (non-hydrogen) atoms. The first-order chi connectivity index (χ1) is 10.9. The average Bonchev–Trinajstić information content (AvgIpc) is 2.78. The second kappa shape index (κ2) is 6.52. The maximum atomic E-state index is 11.7. The van der Waals surface area contributed by atoms with Gasteiger partial charge in [0.15, 0.2) is 0 Å². The maximum Gasteiger partial charge on any atom is 0.311 e. The van der Waals surface area contributed by atoms with Gasteiger partial charge in [-0.3, -0.25) is 4.79 Å². The smallest absolute Gasteiger partial charge is 0.311 e. The maximum absolute atomic E-state index is 11.7. The summed E-state index contributed by atoms with van der Waals surface area (Å²) >= 11 is 0. The lowest BCUT2D eigenvalue weighted by molar-refractivity contribution is -0.147. The topological polar surface area (TPSA) is 49.8 Å². The molecule has 1 aromatic rings. The quantitative estimate of drug-likeness (QED) is 0.866. The van der Waals surface area contributed by atoms with Crippen molar-refractivity contribution in [1.82, 2.24) is 4.90 Å². The van der Waals surface area contributed by atoms with Gasteiger partial charge in [-0.1, -0.05) is 12.1 Å². The monoisotopic (exact) mass is 317 g/mol. The predicted molar refractivity (Wildman–Crippen MR) is 89.4 cm³/mol. The number of cyclic esters (lactones) is 1. The van der Waals surface area contributed by atoms with Gasteiger partial charge in [0, 0.05) is 6.54 Å². The van der Waals surface area contributed by atoms with E-state index in [-0.39, 0.29) is 17.5 Å². The molecule has 2 aliphatic heterocycles. The average molecular weight is 317 g/mol. The van der Waals surface area contributed by atoms with Gasteiger partial charge in [-0.2, -0.15) is 0 Å². The van der Waals surface area contributed by atoms with Crippen molar-refractivity contribution in [2.45, 2.75) is 51.6 Å². The first-order valence-electron chi connectivity index (χ1n) is 8.66. The Morgan fingerprint density at radius 2 is 2.04 bits per heavy atom. The molecule has 1 N–H and O–H groups in total. The predicted octanol–water partition coefficient (Wildman–Crippen LogP) is 3.30. The molecule has 0 spiro atoms.